The zero-order chi connectivity index (χ0) is 16.7. The Kier molecular flexibility index (Phi) is 4.46. The van der Waals surface area contributed by atoms with Crippen molar-refractivity contribution in [2.24, 2.45) is 0 Å². The minimum absolute atomic E-state index is 0.0831. The van der Waals surface area contributed by atoms with Crippen LogP contribution in [0.25, 0.3) is 0 Å². The molecule has 0 N–H and O–H groups in total. The summed E-state index contributed by atoms with van der Waals surface area (Å²) in [6, 6.07) is -1.49. The molecule has 2 aliphatic rings. The minimum atomic E-state index is -3.34. The van der Waals surface area contributed by atoms with E-state index in [4.69, 9.17) is 0 Å². The molecule has 0 aliphatic carbocycles. The summed E-state index contributed by atoms with van der Waals surface area (Å²) in [4.78, 5) is 40.2. The summed E-state index contributed by atoms with van der Waals surface area (Å²) >= 11 is 0. The van der Waals surface area contributed by atoms with Gasteiger partial charge in [0.2, 0.25) is 5.78 Å². The van der Waals surface area contributed by atoms with Gasteiger partial charge in [-0.05, 0) is 0 Å². The molecule has 0 spiro atoms. The quantitative estimate of drug-likeness (QED) is 0.602. The van der Waals surface area contributed by atoms with Crippen molar-refractivity contribution in [1.29, 1.82) is 0 Å². The Morgan fingerprint density at radius 3 is 2.05 bits per heavy atom. The molecule has 0 aromatic heterocycles. The minimum Gasteiger partial charge on any atom is -0.331 e. The third-order valence-electron chi connectivity index (χ3n) is 4.12. The van der Waals surface area contributed by atoms with Crippen molar-refractivity contribution < 1.29 is 22.8 Å². The second-order valence-corrected chi connectivity index (χ2v) is 8.01. The lowest BCUT2D eigenvalue weighted by Crippen LogP contribution is -2.64. The van der Waals surface area contributed by atoms with E-state index < -0.39 is 33.6 Å². The molecule has 9 heteroatoms. The number of fused-ring (bicyclic) bond motifs is 1. The number of sulfone groups is 1. The monoisotopic (exact) mass is 331 g/mol. The number of carbonyl (C=O) groups excluding carboxylic acids is 3. The van der Waals surface area contributed by atoms with Gasteiger partial charge in [-0.1, -0.05) is 6.92 Å². The Balaban J connectivity index is 2.30. The third-order valence-corrected chi connectivity index (χ3v) is 5.82. The number of carbonyl (C=O) groups is 3. The van der Waals surface area contributed by atoms with E-state index in [1.165, 1.54) is 14.7 Å². The molecular formula is C13H21N3O5S. The number of ketones is 1. The number of hydrogen-bond donors (Lipinski definition) is 0. The zero-order valence-corrected chi connectivity index (χ0v) is 13.8. The molecule has 0 radical (unpaired) electrons. The van der Waals surface area contributed by atoms with Gasteiger partial charge in [-0.15, -0.1) is 0 Å². The van der Waals surface area contributed by atoms with Gasteiger partial charge in [-0.2, -0.15) is 0 Å². The molecule has 2 atom stereocenters. The first-order chi connectivity index (χ1) is 10.2. The van der Waals surface area contributed by atoms with Crippen molar-refractivity contribution in [3.8, 4) is 0 Å². The zero-order valence-electron chi connectivity index (χ0n) is 13.0. The van der Waals surface area contributed by atoms with E-state index in [-0.39, 0.29) is 37.0 Å². The summed E-state index contributed by atoms with van der Waals surface area (Å²) in [5, 5.41) is 0. The molecule has 0 saturated carbocycles. The fourth-order valence-corrected chi connectivity index (χ4v) is 4.99. The highest BCUT2D eigenvalue weighted by Gasteiger charge is 2.50. The average molecular weight is 331 g/mol. The molecule has 2 saturated heterocycles. The van der Waals surface area contributed by atoms with E-state index in [2.05, 4.69) is 0 Å². The van der Waals surface area contributed by atoms with Crippen LogP contribution in [-0.4, -0.2) is 91.6 Å². The number of nitrogens with zero attached hydrogens (tertiary/aromatic N) is 3. The number of amides is 3. The molecule has 2 aliphatic heterocycles. The maximum Gasteiger partial charge on any atom is 0.319 e. The molecule has 124 valence electrons. The molecule has 0 unspecified atom stereocenters. The summed E-state index contributed by atoms with van der Waals surface area (Å²) in [6.45, 7) is 2.01. The van der Waals surface area contributed by atoms with Gasteiger partial charge >= 0.3 is 6.03 Å². The first kappa shape index (κ1) is 16.7. The normalized spacial score (nSPS) is 26.5. The molecule has 0 aromatic carbocycles. The molecule has 2 rings (SSSR count). The van der Waals surface area contributed by atoms with Crippen LogP contribution in [0, 0.1) is 0 Å². The van der Waals surface area contributed by atoms with Crippen LogP contribution in [0.2, 0.25) is 0 Å². The highest BCUT2D eigenvalue weighted by molar-refractivity contribution is 7.91. The van der Waals surface area contributed by atoms with Crippen LogP contribution < -0.4 is 0 Å². The molecule has 0 aromatic rings. The van der Waals surface area contributed by atoms with Crippen LogP contribution >= 0.6 is 0 Å². The predicted molar refractivity (Wildman–Crippen MR) is 79.0 cm³/mol. The van der Waals surface area contributed by atoms with Crippen LogP contribution in [-0.2, 0) is 19.4 Å². The van der Waals surface area contributed by atoms with Crippen LogP contribution in [0.3, 0.4) is 0 Å². The van der Waals surface area contributed by atoms with Crippen molar-refractivity contribution in [2.75, 3.05) is 38.7 Å². The van der Waals surface area contributed by atoms with Crippen molar-refractivity contribution in [3.05, 3.63) is 0 Å². The molecule has 0 bridgehead atoms. The lowest BCUT2D eigenvalue weighted by Gasteiger charge is -2.44. The Morgan fingerprint density at radius 1 is 1.05 bits per heavy atom. The van der Waals surface area contributed by atoms with E-state index in [1.54, 1.807) is 21.0 Å². The Bertz CT molecular complexity index is 601. The second-order valence-electron chi connectivity index (χ2n) is 5.86. The highest BCUT2D eigenvalue weighted by Crippen LogP contribution is 2.27. The number of piperazine rings is 1. The van der Waals surface area contributed by atoms with Crippen LogP contribution in [0.1, 0.15) is 13.3 Å². The largest absolute Gasteiger partial charge is 0.331 e. The first-order valence-corrected chi connectivity index (χ1v) is 9.02. The fraction of sp³-hybridized carbons (Fsp3) is 0.769. The van der Waals surface area contributed by atoms with Gasteiger partial charge in [0.05, 0.1) is 23.6 Å². The van der Waals surface area contributed by atoms with Gasteiger partial charge in [0.15, 0.2) is 9.84 Å². The van der Waals surface area contributed by atoms with Crippen LogP contribution in [0.15, 0.2) is 0 Å². The topological polar surface area (TPSA) is 95.1 Å². The van der Waals surface area contributed by atoms with E-state index in [9.17, 15) is 22.8 Å². The summed E-state index contributed by atoms with van der Waals surface area (Å²) in [5.74, 6) is -1.54. The van der Waals surface area contributed by atoms with Crippen LogP contribution in [0.4, 0.5) is 4.79 Å². The van der Waals surface area contributed by atoms with Gasteiger partial charge in [0, 0.05) is 33.6 Å². The lowest BCUT2D eigenvalue weighted by molar-refractivity contribution is -0.148. The smallest absolute Gasteiger partial charge is 0.319 e. The molecular weight excluding hydrogens is 310 g/mol. The Hall–Kier alpha value is -1.64. The Morgan fingerprint density at radius 2 is 1.55 bits per heavy atom. The van der Waals surface area contributed by atoms with Crippen molar-refractivity contribution in [1.82, 2.24) is 14.7 Å². The second kappa shape index (κ2) is 5.86. The predicted octanol–water partition coefficient (Wildman–Crippen LogP) is -1.04. The highest BCUT2D eigenvalue weighted by atomic mass is 32.2. The summed E-state index contributed by atoms with van der Waals surface area (Å²) < 4.78 is 23.9. The van der Waals surface area contributed by atoms with Crippen LogP contribution in [0.5, 0.6) is 0 Å². The lowest BCUT2D eigenvalue weighted by atomic mass is 10.0. The van der Waals surface area contributed by atoms with Gasteiger partial charge in [0.25, 0.3) is 5.91 Å². The van der Waals surface area contributed by atoms with E-state index in [1.807, 2.05) is 0 Å². The number of hydrogen-bond acceptors (Lipinski definition) is 5. The molecule has 22 heavy (non-hydrogen) atoms. The van der Waals surface area contributed by atoms with Crippen molar-refractivity contribution in [2.45, 2.75) is 25.4 Å². The van der Waals surface area contributed by atoms with E-state index in [0.29, 0.717) is 0 Å². The van der Waals surface area contributed by atoms with Gasteiger partial charge in [-0.25, -0.2) is 13.2 Å². The molecule has 8 nitrogen and oxygen atoms in total. The number of Topliss-reactive ketones (excluding diaryl/α,β-unsaturated/α-hetero) is 1. The fourth-order valence-electron chi connectivity index (χ4n) is 3.01. The van der Waals surface area contributed by atoms with E-state index >= 15 is 0 Å². The maximum atomic E-state index is 12.2. The van der Waals surface area contributed by atoms with Gasteiger partial charge in [0.1, 0.15) is 0 Å². The molecule has 3 amide bonds. The summed E-state index contributed by atoms with van der Waals surface area (Å²) in [5.41, 5.74) is 0. The number of urea groups is 1. The summed E-state index contributed by atoms with van der Waals surface area (Å²) in [6.07, 6.45) is 0.0831. The average Bonchev–Trinajstić information content (AvgIpc) is 2.78. The van der Waals surface area contributed by atoms with Crippen molar-refractivity contribution >= 4 is 27.6 Å². The first-order valence-electron chi connectivity index (χ1n) is 7.20. The summed E-state index contributed by atoms with van der Waals surface area (Å²) in [7, 11) is -0.145. The number of rotatable bonds is 2. The third kappa shape index (κ3) is 2.94. The standard InChI is InChI=1S/C13H21N3O5S/c1-4-11(17)12(18)15-5-6-16(13(19)14(2)3)10-8-22(20,21)7-9(10)15/h9-10H,4-8H2,1-3H3/t9-,10+/m0/s1. The van der Waals surface area contributed by atoms with E-state index in [0.717, 1.165) is 0 Å². The van der Waals surface area contributed by atoms with Gasteiger partial charge < -0.3 is 14.7 Å². The SMILES string of the molecule is CCC(=O)C(=O)N1CCN(C(=O)N(C)C)[C@@H]2CS(=O)(=O)C[C@@H]21. The molecule has 2 fully saturated rings. The van der Waals surface area contributed by atoms with Crippen molar-refractivity contribution in [3.63, 3.8) is 0 Å². The Labute approximate surface area is 129 Å². The molecule has 2 heterocycles. The maximum absolute atomic E-state index is 12.2. The van der Waals surface area contributed by atoms with Gasteiger partial charge in [-0.3, -0.25) is 9.59 Å².